The maximum Gasteiger partial charge on any atom is 0.321 e. The van der Waals surface area contributed by atoms with Crippen LogP contribution in [0.15, 0.2) is 28.6 Å². The largest absolute Gasteiger partial charge is 0.456 e. The number of esters is 1. The van der Waals surface area contributed by atoms with E-state index in [0.29, 0.717) is 18.4 Å². The second-order valence-corrected chi connectivity index (χ2v) is 9.79. The standard InChI is InChI=1S/C22H24N4O5S2/c27-17(25-22(30)23-9-7-14-4-3-11-32-14)12-31-18(28)8-10-26-13-24-20-19(21(26)29)15-5-1-2-6-16(15)33-20/h3-4,11,13H,1-2,5-10,12H2,(H2,23,25,27,30). The van der Waals surface area contributed by atoms with Gasteiger partial charge in [-0.3, -0.25) is 24.3 Å². The van der Waals surface area contributed by atoms with Crippen LogP contribution in [0.3, 0.4) is 0 Å². The van der Waals surface area contributed by atoms with Crippen molar-refractivity contribution in [3.63, 3.8) is 0 Å². The molecule has 9 nitrogen and oxygen atoms in total. The first-order valence-corrected chi connectivity index (χ1v) is 12.5. The van der Waals surface area contributed by atoms with Crippen molar-refractivity contribution < 1.29 is 19.1 Å². The van der Waals surface area contributed by atoms with Crippen LogP contribution in [0.4, 0.5) is 4.79 Å². The third-order valence-corrected chi connectivity index (χ3v) is 7.49. The second kappa shape index (κ2) is 10.7. The van der Waals surface area contributed by atoms with Crippen LogP contribution in [0.5, 0.6) is 0 Å². The molecule has 174 valence electrons. The van der Waals surface area contributed by atoms with Gasteiger partial charge in [0.1, 0.15) is 4.83 Å². The maximum absolute atomic E-state index is 12.9. The Morgan fingerprint density at radius 2 is 2.06 bits per heavy atom. The van der Waals surface area contributed by atoms with Crippen molar-refractivity contribution in [1.82, 2.24) is 20.2 Å². The molecule has 1 aliphatic rings. The van der Waals surface area contributed by atoms with E-state index < -0.39 is 24.5 Å². The number of aromatic nitrogens is 2. The Hall–Kier alpha value is -3.05. The smallest absolute Gasteiger partial charge is 0.321 e. The molecule has 0 aromatic carbocycles. The molecule has 3 aromatic rings. The molecule has 0 saturated heterocycles. The lowest BCUT2D eigenvalue weighted by Crippen LogP contribution is -2.42. The summed E-state index contributed by atoms with van der Waals surface area (Å²) in [6, 6.07) is 3.25. The van der Waals surface area contributed by atoms with Crippen molar-refractivity contribution in [3.8, 4) is 0 Å². The predicted molar refractivity (Wildman–Crippen MR) is 126 cm³/mol. The topological polar surface area (TPSA) is 119 Å². The Labute approximate surface area is 197 Å². The van der Waals surface area contributed by atoms with E-state index in [1.165, 1.54) is 15.8 Å². The van der Waals surface area contributed by atoms with Crippen LogP contribution in [0.2, 0.25) is 0 Å². The normalized spacial score (nSPS) is 12.8. The number of hydrogen-bond acceptors (Lipinski definition) is 8. The number of aryl methyl sites for hydroxylation is 3. The number of urea groups is 1. The molecule has 2 N–H and O–H groups in total. The summed E-state index contributed by atoms with van der Waals surface area (Å²) in [5.41, 5.74) is 0.949. The zero-order valence-electron chi connectivity index (χ0n) is 17.9. The summed E-state index contributed by atoms with van der Waals surface area (Å²) in [6.07, 6.45) is 6.10. The van der Waals surface area contributed by atoms with Gasteiger partial charge in [-0.1, -0.05) is 6.07 Å². The molecule has 3 aromatic heterocycles. The van der Waals surface area contributed by atoms with E-state index >= 15 is 0 Å². The number of nitrogens with one attached hydrogen (secondary N) is 2. The van der Waals surface area contributed by atoms with Gasteiger partial charge in [0.25, 0.3) is 11.5 Å². The molecule has 0 fully saturated rings. The van der Waals surface area contributed by atoms with Crippen molar-refractivity contribution in [2.75, 3.05) is 13.2 Å². The maximum atomic E-state index is 12.9. The zero-order valence-corrected chi connectivity index (χ0v) is 19.6. The Morgan fingerprint density at radius 1 is 1.21 bits per heavy atom. The van der Waals surface area contributed by atoms with Gasteiger partial charge in [-0.25, -0.2) is 9.78 Å². The molecule has 1 aliphatic carbocycles. The monoisotopic (exact) mass is 488 g/mol. The summed E-state index contributed by atoms with van der Waals surface area (Å²) in [7, 11) is 0. The van der Waals surface area contributed by atoms with Gasteiger partial charge in [0.15, 0.2) is 6.61 Å². The van der Waals surface area contributed by atoms with E-state index in [-0.39, 0.29) is 18.5 Å². The average Bonchev–Trinajstić information content (AvgIpc) is 3.45. The fourth-order valence-corrected chi connectivity index (χ4v) is 5.66. The number of imide groups is 1. The highest BCUT2D eigenvalue weighted by Crippen LogP contribution is 2.33. The van der Waals surface area contributed by atoms with E-state index in [0.717, 1.165) is 41.0 Å². The summed E-state index contributed by atoms with van der Waals surface area (Å²) in [6.45, 7) is -0.0721. The van der Waals surface area contributed by atoms with Crippen LogP contribution >= 0.6 is 22.7 Å². The fraction of sp³-hybridized carbons (Fsp3) is 0.409. The quantitative estimate of drug-likeness (QED) is 0.470. The highest BCUT2D eigenvalue weighted by atomic mass is 32.1. The summed E-state index contributed by atoms with van der Waals surface area (Å²) in [4.78, 5) is 56.0. The number of amides is 3. The van der Waals surface area contributed by atoms with Crippen molar-refractivity contribution in [2.45, 2.75) is 45.1 Å². The van der Waals surface area contributed by atoms with E-state index in [2.05, 4.69) is 15.6 Å². The summed E-state index contributed by atoms with van der Waals surface area (Å²) in [5, 5.41) is 7.31. The number of rotatable bonds is 8. The molecule has 0 atom stereocenters. The molecule has 0 saturated carbocycles. The Morgan fingerprint density at radius 3 is 2.88 bits per heavy atom. The molecule has 0 bridgehead atoms. The first-order chi connectivity index (χ1) is 16.0. The molecular formula is C22H24N4O5S2. The zero-order chi connectivity index (χ0) is 23.2. The molecule has 0 aliphatic heterocycles. The highest BCUT2D eigenvalue weighted by Gasteiger charge is 2.20. The van der Waals surface area contributed by atoms with E-state index in [4.69, 9.17) is 4.74 Å². The number of nitrogens with zero attached hydrogens (tertiary/aromatic N) is 2. The molecule has 33 heavy (non-hydrogen) atoms. The van der Waals surface area contributed by atoms with Gasteiger partial charge < -0.3 is 10.1 Å². The van der Waals surface area contributed by atoms with Crippen molar-refractivity contribution in [1.29, 1.82) is 0 Å². The molecule has 0 radical (unpaired) electrons. The van der Waals surface area contributed by atoms with E-state index in [1.807, 2.05) is 17.5 Å². The van der Waals surface area contributed by atoms with Gasteiger partial charge in [-0.05, 0) is 49.1 Å². The molecule has 11 heteroatoms. The third kappa shape index (κ3) is 5.85. The Balaban J connectivity index is 1.21. The lowest BCUT2D eigenvalue weighted by atomic mass is 9.97. The van der Waals surface area contributed by atoms with Crippen molar-refractivity contribution in [3.05, 3.63) is 49.5 Å². The number of ether oxygens (including phenoxy) is 1. The van der Waals surface area contributed by atoms with Crippen LogP contribution in [0.1, 0.15) is 34.6 Å². The van der Waals surface area contributed by atoms with Gasteiger partial charge in [0.05, 0.1) is 18.1 Å². The lowest BCUT2D eigenvalue weighted by Gasteiger charge is -2.10. The highest BCUT2D eigenvalue weighted by molar-refractivity contribution is 7.18. The first-order valence-electron chi connectivity index (χ1n) is 10.8. The average molecular weight is 489 g/mol. The number of hydrogen-bond donors (Lipinski definition) is 2. The Bertz CT molecular complexity index is 1220. The van der Waals surface area contributed by atoms with E-state index in [9.17, 15) is 19.2 Å². The SMILES string of the molecule is O=C(COC(=O)CCn1cnc2sc3c(c2c1=O)CCCC3)NC(=O)NCCc1cccs1. The van der Waals surface area contributed by atoms with Crippen LogP contribution in [0, 0.1) is 0 Å². The Kier molecular flexibility index (Phi) is 7.50. The fourth-order valence-electron chi connectivity index (χ4n) is 3.73. The van der Waals surface area contributed by atoms with Gasteiger partial charge >= 0.3 is 12.0 Å². The molecule has 3 amide bonds. The predicted octanol–water partition coefficient (Wildman–Crippen LogP) is 2.40. The minimum atomic E-state index is -0.720. The molecule has 0 spiro atoms. The van der Waals surface area contributed by atoms with E-state index in [1.54, 1.807) is 22.7 Å². The van der Waals surface area contributed by atoms with Crippen LogP contribution in [-0.4, -0.2) is 40.6 Å². The number of carbonyl (C=O) groups excluding carboxylic acids is 3. The first kappa shape index (κ1) is 23.1. The lowest BCUT2D eigenvalue weighted by molar-refractivity contribution is -0.148. The number of carbonyl (C=O) groups is 3. The third-order valence-electron chi connectivity index (χ3n) is 5.35. The van der Waals surface area contributed by atoms with Gasteiger partial charge in [-0.15, -0.1) is 22.7 Å². The summed E-state index contributed by atoms with van der Waals surface area (Å²) in [5.74, 6) is -1.36. The summed E-state index contributed by atoms with van der Waals surface area (Å²) < 4.78 is 6.34. The molecule has 0 unspecified atom stereocenters. The van der Waals surface area contributed by atoms with Crippen molar-refractivity contribution >= 4 is 50.8 Å². The number of thiophene rings is 2. The molecular weight excluding hydrogens is 464 g/mol. The van der Waals surface area contributed by atoms with Gasteiger partial charge in [0, 0.05) is 22.8 Å². The second-order valence-electron chi connectivity index (χ2n) is 7.68. The van der Waals surface area contributed by atoms with Gasteiger partial charge in [-0.2, -0.15) is 0 Å². The molecule has 4 rings (SSSR count). The summed E-state index contributed by atoms with van der Waals surface area (Å²) >= 11 is 3.16. The van der Waals surface area contributed by atoms with Crippen LogP contribution in [0.25, 0.3) is 10.2 Å². The minimum absolute atomic E-state index is 0.0836. The molecule has 3 heterocycles. The van der Waals surface area contributed by atoms with Gasteiger partial charge in [0.2, 0.25) is 0 Å². The van der Waals surface area contributed by atoms with Crippen LogP contribution < -0.4 is 16.2 Å². The minimum Gasteiger partial charge on any atom is -0.456 e. The van der Waals surface area contributed by atoms with Crippen molar-refractivity contribution in [2.24, 2.45) is 0 Å². The van der Waals surface area contributed by atoms with Crippen LogP contribution in [-0.2, 0) is 40.1 Å². The number of fused-ring (bicyclic) bond motifs is 3.